The standard InChI is InChI=1S/C15H18N4O2/c1-4-5-6-11-15(9-18)12(19)21-13(3,20-11)10(2)14(15,7-16)8-17/h10-11,19H,4-6H2,1-3H3/t10-,11-,13-,15-/m0/s1. The van der Waals surface area contributed by atoms with E-state index in [-0.39, 0.29) is 5.90 Å². The van der Waals surface area contributed by atoms with Crippen molar-refractivity contribution in [3.8, 4) is 18.2 Å². The molecule has 3 heterocycles. The van der Waals surface area contributed by atoms with Gasteiger partial charge in [0, 0.05) is 6.92 Å². The second-order valence-corrected chi connectivity index (χ2v) is 5.87. The van der Waals surface area contributed by atoms with Gasteiger partial charge in [-0.05, 0) is 6.42 Å². The van der Waals surface area contributed by atoms with Gasteiger partial charge in [0.1, 0.15) is 0 Å². The molecule has 0 radical (unpaired) electrons. The van der Waals surface area contributed by atoms with Crippen molar-refractivity contribution in [3.63, 3.8) is 0 Å². The summed E-state index contributed by atoms with van der Waals surface area (Å²) in [7, 11) is 0. The molecule has 0 aliphatic carbocycles. The van der Waals surface area contributed by atoms with Crippen molar-refractivity contribution in [2.24, 2.45) is 16.7 Å². The molecule has 110 valence electrons. The number of nitrogens with one attached hydrogen (secondary N) is 1. The first-order chi connectivity index (χ1) is 9.88. The Kier molecular flexibility index (Phi) is 3.44. The Hall–Kier alpha value is -2.10. The lowest BCUT2D eigenvalue weighted by Crippen LogP contribution is -2.73. The Morgan fingerprint density at radius 3 is 2.33 bits per heavy atom. The van der Waals surface area contributed by atoms with Crippen molar-refractivity contribution in [1.29, 1.82) is 21.2 Å². The molecule has 1 N–H and O–H groups in total. The van der Waals surface area contributed by atoms with Crippen molar-refractivity contribution < 1.29 is 9.47 Å². The highest BCUT2D eigenvalue weighted by molar-refractivity contribution is 5.88. The first kappa shape index (κ1) is 15.3. The third-order valence-corrected chi connectivity index (χ3v) is 4.93. The van der Waals surface area contributed by atoms with Gasteiger partial charge in [-0.25, -0.2) is 0 Å². The van der Waals surface area contributed by atoms with E-state index in [9.17, 15) is 15.8 Å². The van der Waals surface area contributed by atoms with Crippen LogP contribution in [-0.2, 0) is 9.47 Å². The molecular formula is C15H18N4O2. The summed E-state index contributed by atoms with van der Waals surface area (Å²) in [5.74, 6) is -2.17. The van der Waals surface area contributed by atoms with E-state index in [2.05, 4.69) is 0 Å². The van der Waals surface area contributed by atoms with Crippen molar-refractivity contribution in [1.82, 2.24) is 0 Å². The minimum Gasteiger partial charge on any atom is -0.448 e. The van der Waals surface area contributed by atoms with E-state index >= 15 is 0 Å². The fraction of sp³-hybridized carbons (Fsp3) is 0.733. The number of ether oxygens (including phenoxy) is 2. The van der Waals surface area contributed by atoms with Gasteiger partial charge in [-0.15, -0.1) is 0 Å². The van der Waals surface area contributed by atoms with E-state index in [0.717, 1.165) is 12.8 Å². The van der Waals surface area contributed by atoms with Gasteiger partial charge in [0.25, 0.3) is 0 Å². The molecule has 3 saturated heterocycles. The maximum Gasteiger partial charge on any atom is 0.214 e. The highest BCUT2D eigenvalue weighted by Gasteiger charge is 2.77. The number of hydrogen-bond donors (Lipinski definition) is 1. The molecule has 21 heavy (non-hydrogen) atoms. The molecule has 0 unspecified atom stereocenters. The van der Waals surface area contributed by atoms with Gasteiger partial charge in [-0.2, -0.15) is 15.8 Å². The van der Waals surface area contributed by atoms with E-state index in [1.54, 1.807) is 13.8 Å². The molecule has 3 rings (SSSR count). The summed E-state index contributed by atoms with van der Waals surface area (Å²) in [6.07, 6.45) is 1.53. The summed E-state index contributed by atoms with van der Waals surface area (Å²) >= 11 is 0. The quantitative estimate of drug-likeness (QED) is 0.856. The van der Waals surface area contributed by atoms with E-state index in [0.29, 0.717) is 6.42 Å². The SMILES string of the molecule is CCCC[C@@H]1O[C@@]2(C)OC(=N)[C@@]1(C#N)C(C#N)(C#N)[C@H]2C. The van der Waals surface area contributed by atoms with Crippen LogP contribution in [0.25, 0.3) is 0 Å². The zero-order valence-corrected chi connectivity index (χ0v) is 12.4. The van der Waals surface area contributed by atoms with Gasteiger partial charge in [0.05, 0.1) is 30.2 Å². The van der Waals surface area contributed by atoms with Gasteiger partial charge in [0.2, 0.25) is 11.7 Å². The summed E-state index contributed by atoms with van der Waals surface area (Å²) in [5.41, 5.74) is -3.30. The minimum atomic E-state index is -1.66. The van der Waals surface area contributed by atoms with Crippen LogP contribution in [0.1, 0.15) is 40.0 Å². The number of unbranched alkanes of at least 4 members (excludes halogenated alkanes) is 1. The predicted octanol–water partition coefficient (Wildman–Crippen LogP) is 2.48. The molecule has 3 fully saturated rings. The molecular weight excluding hydrogens is 268 g/mol. The van der Waals surface area contributed by atoms with Crippen LogP contribution in [0.3, 0.4) is 0 Å². The first-order valence-corrected chi connectivity index (χ1v) is 7.08. The van der Waals surface area contributed by atoms with E-state index in [1.165, 1.54) is 0 Å². The summed E-state index contributed by atoms with van der Waals surface area (Å²) in [5, 5.41) is 37.2. The maximum absolute atomic E-state index is 9.75. The fourth-order valence-corrected chi connectivity index (χ4v) is 3.45. The Morgan fingerprint density at radius 1 is 1.24 bits per heavy atom. The minimum absolute atomic E-state index is 0.318. The van der Waals surface area contributed by atoms with Crippen molar-refractivity contribution in [2.45, 2.75) is 51.9 Å². The summed E-state index contributed by atoms with van der Waals surface area (Å²) < 4.78 is 11.4. The number of hydrogen-bond acceptors (Lipinski definition) is 6. The Labute approximate surface area is 124 Å². The van der Waals surface area contributed by atoms with Gasteiger partial charge in [-0.1, -0.05) is 26.7 Å². The van der Waals surface area contributed by atoms with Crippen LogP contribution < -0.4 is 0 Å². The monoisotopic (exact) mass is 286 g/mol. The van der Waals surface area contributed by atoms with E-state index in [1.807, 2.05) is 25.1 Å². The van der Waals surface area contributed by atoms with Crippen LogP contribution in [-0.4, -0.2) is 17.8 Å². The normalized spacial score (nSPS) is 39.7. The van der Waals surface area contributed by atoms with Crippen LogP contribution in [0.2, 0.25) is 0 Å². The van der Waals surface area contributed by atoms with Crippen LogP contribution in [0.5, 0.6) is 0 Å². The van der Waals surface area contributed by atoms with Gasteiger partial charge >= 0.3 is 0 Å². The van der Waals surface area contributed by atoms with E-state index in [4.69, 9.17) is 14.9 Å². The molecule has 6 heteroatoms. The molecule has 0 aromatic rings. The van der Waals surface area contributed by atoms with E-state index < -0.39 is 28.6 Å². The number of fused-ring (bicyclic) bond motifs is 3. The predicted molar refractivity (Wildman–Crippen MR) is 72.5 cm³/mol. The van der Waals surface area contributed by atoms with Crippen LogP contribution in [0.15, 0.2) is 0 Å². The fourth-order valence-electron chi connectivity index (χ4n) is 3.45. The molecule has 3 aliphatic rings. The van der Waals surface area contributed by atoms with Crippen LogP contribution in [0.4, 0.5) is 0 Å². The lowest BCUT2D eigenvalue weighted by Gasteiger charge is -2.60. The zero-order chi connectivity index (χ0) is 15.9. The largest absolute Gasteiger partial charge is 0.448 e. The van der Waals surface area contributed by atoms with Crippen LogP contribution >= 0.6 is 0 Å². The van der Waals surface area contributed by atoms with Gasteiger partial charge in [-0.3, -0.25) is 5.41 Å². The molecule has 0 saturated carbocycles. The number of rotatable bonds is 3. The number of nitrogens with zero attached hydrogens (tertiary/aromatic N) is 3. The molecule has 2 bridgehead atoms. The third kappa shape index (κ3) is 1.56. The van der Waals surface area contributed by atoms with Gasteiger partial charge in [0.15, 0.2) is 10.8 Å². The topological polar surface area (TPSA) is 114 Å². The molecule has 0 spiro atoms. The molecule has 0 aromatic heterocycles. The average Bonchev–Trinajstić information content (AvgIpc) is 2.47. The summed E-state index contributed by atoms with van der Waals surface area (Å²) in [6.45, 7) is 5.31. The smallest absolute Gasteiger partial charge is 0.214 e. The van der Waals surface area contributed by atoms with Crippen molar-refractivity contribution in [3.05, 3.63) is 0 Å². The highest BCUT2D eigenvalue weighted by Crippen LogP contribution is 2.62. The van der Waals surface area contributed by atoms with Crippen LogP contribution in [0, 0.1) is 56.2 Å². The Bertz CT molecular complexity index is 582. The van der Waals surface area contributed by atoms with Crippen molar-refractivity contribution in [2.75, 3.05) is 0 Å². The molecule has 0 aromatic carbocycles. The van der Waals surface area contributed by atoms with Crippen molar-refractivity contribution >= 4 is 5.90 Å². The Balaban J connectivity index is 2.68. The highest BCUT2D eigenvalue weighted by atomic mass is 16.7. The average molecular weight is 286 g/mol. The third-order valence-electron chi connectivity index (χ3n) is 4.93. The number of nitriles is 3. The lowest BCUT2D eigenvalue weighted by atomic mass is 9.51. The lowest BCUT2D eigenvalue weighted by molar-refractivity contribution is -0.336. The first-order valence-electron chi connectivity index (χ1n) is 7.08. The molecule has 3 aliphatic heterocycles. The molecule has 4 atom stereocenters. The zero-order valence-electron chi connectivity index (χ0n) is 12.4. The second kappa shape index (κ2) is 4.72. The Morgan fingerprint density at radius 2 is 1.86 bits per heavy atom. The maximum atomic E-state index is 9.75. The van der Waals surface area contributed by atoms with Gasteiger partial charge < -0.3 is 9.47 Å². The molecule has 0 amide bonds. The second-order valence-electron chi connectivity index (χ2n) is 5.87. The summed E-state index contributed by atoms with van der Waals surface area (Å²) in [6, 6.07) is 6.07. The summed E-state index contributed by atoms with van der Waals surface area (Å²) in [4.78, 5) is 0. The molecule has 6 nitrogen and oxygen atoms in total.